The number of para-hydroxylation sites is 2. The zero-order chi connectivity index (χ0) is 22.5. The number of unbranched alkanes of at least 4 members (excludes halogenated alkanes) is 1. The van der Waals surface area contributed by atoms with Crippen LogP contribution in [-0.4, -0.2) is 64.8 Å². The van der Waals surface area contributed by atoms with E-state index in [9.17, 15) is 5.11 Å². The molecule has 0 amide bonds. The van der Waals surface area contributed by atoms with Crippen molar-refractivity contribution >= 4 is 34.2 Å². The topological polar surface area (TPSA) is 31.6 Å². The summed E-state index contributed by atoms with van der Waals surface area (Å²) in [4.78, 5) is 5.01. The van der Waals surface area contributed by atoms with Crippen LogP contribution in [0.5, 0.6) is 0 Å². The minimum atomic E-state index is -0.287. The lowest BCUT2D eigenvalue weighted by Crippen LogP contribution is -2.48. The Labute approximate surface area is 209 Å². The first-order valence-electron chi connectivity index (χ1n) is 12.4. The lowest BCUT2D eigenvalue weighted by atomic mass is 10.1. The third-order valence-electron chi connectivity index (χ3n) is 7.03. The van der Waals surface area contributed by atoms with E-state index >= 15 is 0 Å². The van der Waals surface area contributed by atoms with E-state index in [4.69, 9.17) is 0 Å². The Balaban J connectivity index is 0.00000274. The van der Waals surface area contributed by atoms with Crippen LogP contribution < -0.4 is 0 Å². The average molecular weight is 478 g/mol. The molecule has 5 heteroatoms. The maximum Gasteiger partial charge on any atom is 0.0707 e. The number of hydrogen-bond donors (Lipinski definition) is 1. The molecule has 0 spiro atoms. The number of nitrogens with zero attached hydrogens (tertiary/aromatic N) is 3. The molecule has 0 saturated carbocycles. The van der Waals surface area contributed by atoms with Crippen molar-refractivity contribution in [2.45, 2.75) is 31.9 Å². The maximum absolute atomic E-state index is 10.5. The number of hydrogen-bond acceptors (Lipinski definition) is 3. The van der Waals surface area contributed by atoms with Gasteiger partial charge in [-0.3, -0.25) is 4.90 Å². The van der Waals surface area contributed by atoms with Crippen LogP contribution in [0, 0.1) is 0 Å². The third kappa shape index (κ3) is 5.81. The molecule has 5 rings (SSSR count). The number of aryl methyl sites for hydroxylation is 1. The van der Waals surface area contributed by atoms with Gasteiger partial charge in [-0.2, -0.15) is 0 Å². The van der Waals surface area contributed by atoms with Crippen molar-refractivity contribution in [2.24, 2.45) is 0 Å². The number of piperazine rings is 1. The van der Waals surface area contributed by atoms with E-state index in [1.165, 1.54) is 40.2 Å². The third-order valence-corrected chi connectivity index (χ3v) is 7.03. The molecule has 1 atom stereocenters. The van der Waals surface area contributed by atoms with E-state index in [1.807, 2.05) is 18.2 Å². The van der Waals surface area contributed by atoms with Crippen LogP contribution in [0.15, 0.2) is 78.9 Å². The molecular weight excluding hydrogens is 442 g/mol. The zero-order valence-electron chi connectivity index (χ0n) is 19.9. The van der Waals surface area contributed by atoms with Crippen molar-refractivity contribution < 1.29 is 5.11 Å². The van der Waals surface area contributed by atoms with Crippen LogP contribution in [0.3, 0.4) is 0 Å². The molecular formula is C29H36ClN3O. The molecule has 0 bridgehead atoms. The fourth-order valence-electron chi connectivity index (χ4n) is 5.29. The fraction of sp³-hybridized carbons (Fsp3) is 0.379. The number of aliphatic hydroxyl groups excluding tert-OH is 1. The van der Waals surface area contributed by atoms with Crippen molar-refractivity contribution in [3.8, 4) is 0 Å². The Kier molecular flexibility index (Phi) is 8.63. The fourth-order valence-corrected chi connectivity index (χ4v) is 5.29. The summed E-state index contributed by atoms with van der Waals surface area (Å²) in [5.41, 5.74) is 3.91. The number of halogens is 1. The zero-order valence-corrected chi connectivity index (χ0v) is 20.7. The van der Waals surface area contributed by atoms with Gasteiger partial charge in [0.1, 0.15) is 0 Å². The standard InChI is InChI=1S/C29H35N3O.ClH/c33-25(22-24-10-2-1-3-11-24)23-31-20-18-30(19-21-31)16-8-9-17-32-28-14-6-4-12-26(28)27-13-5-7-15-29(27)32;/h1-7,10-15,25,33H,8-9,16-23H2;1H. The predicted molar refractivity (Wildman–Crippen MR) is 145 cm³/mol. The van der Waals surface area contributed by atoms with Gasteiger partial charge >= 0.3 is 0 Å². The summed E-state index contributed by atoms with van der Waals surface area (Å²) in [6.07, 6.45) is 2.87. The van der Waals surface area contributed by atoms with Gasteiger partial charge in [0, 0.05) is 61.1 Å². The number of aromatic nitrogens is 1. The monoisotopic (exact) mass is 477 g/mol. The Morgan fingerprint density at radius 1 is 0.647 bits per heavy atom. The van der Waals surface area contributed by atoms with E-state index in [0.717, 1.165) is 52.2 Å². The van der Waals surface area contributed by atoms with Gasteiger partial charge in [0.15, 0.2) is 0 Å². The number of aliphatic hydroxyl groups is 1. The van der Waals surface area contributed by atoms with Crippen LogP contribution >= 0.6 is 12.4 Å². The second-order valence-corrected chi connectivity index (χ2v) is 9.38. The molecule has 1 aliphatic heterocycles. The molecule has 1 N–H and O–H groups in total. The summed E-state index contributed by atoms with van der Waals surface area (Å²) in [6, 6.07) is 27.9. The highest BCUT2D eigenvalue weighted by Gasteiger charge is 2.19. The summed E-state index contributed by atoms with van der Waals surface area (Å²) in [5.74, 6) is 0. The number of benzene rings is 3. The highest BCUT2D eigenvalue weighted by Crippen LogP contribution is 2.29. The molecule has 1 aromatic heterocycles. The van der Waals surface area contributed by atoms with Crippen LogP contribution in [-0.2, 0) is 13.0 Å². The van der Waals surface area contributed by atoms with Crippen LogP contribution in [0.25, 0.3) is 21.8 Å². The molecule has 1 unspecified atom stereocenters. The van der Waals surface area contributed by atoms with Gasteiger partial charge in [0.25, 0.3) is 0 Å². The van der Waals surface area contributed by atoms with Crippen LogP contribution in [0.2, 0.25) is 0 Å². The Morgan fingerprint density at radius 3 is 1.82 bits per heavy atom. The molecule has 4 nitrogen and oxygen atoms in total. The number of fused-ring (bicyclic) bond motifs is 3. The van der Waals surface area contributed by atoms with Gasteiger partial charge in [-0.1, -0.05) is 66.7 Å². The van der Waals surface area contributed by atoms with Crippen molar-refractivity contribution in [2.75, 3.05) is 39.3 Å². The van der Waals surface area contributed by atoms with Crippen molar-refractivity contribution in [3.05, 3.63) is 84.4 Å². The predicted octanol–water partition coefficient (Wildman–Crippen LogP) is 5.22. The molecule has 34 heavy (non-hydrogen) atoms. The largest absolute Gasteiger partial charge is 0.391 e. The Bertz CT molecular complexity index is 1110. The molecule has 180 valence electrons. The highest BCUT2D eigenvalue weighted by atomic mass is 35.5. The molecule has 1 fully saturated rings. The average Bonchev–Trinajstić information content (AvgIpc) is 3.17. The molecule has 4 aromatic rings. The van der Waals surface area contributed by atoms with Crippen molar-refractivity contribution in [1.29, 1.82) is 0 Å². The highest BCUT2D eigenvalue weighted by molar-refractivity contribution is 6.07. The van der Waals surface area contributed by atoms with E-state index in [0.29, 0.717) is 0 Å². The van der Waals surface area contributed by atoms with Crippen molar-refractivity contribution in [3.63, 3.8) is 0 Å². The van der Waals surface area contributed by atoms with Gasteiger partial charge in [0.2, 0.25) is 0 Å². The van der Waals surface area contributed by atoms with Gasteiger partial charge in [-0.05, 0) is 43.5 Å². The van der Waals surface area contributed by atoms with E-state index in [-0.39, 0.29) is 18.5 Å². The first kappa shape index (κ1) is 24.7. The summed E-state index contributed by atoms with van der Waals surface area (Å²) in [5, 5.41) is 13.2. The number of rotatable bonds is 9. The lowest BCUT2D eigenvalue weighted by Gasteiger charge is -2.35. The normalized spacial score (nSPS) is 16.0. The second-order valence-electron chi connectivity index (χ2n) is 9.38. The first-order valence-corrected chi connectivity index (χ1v) is 12.4. The van der Waals surface area contributed by atoms with Gasteiger partial charge in [-0.25, -0.2) is 0 Å². The maximum atomic E-state index is 10.5. The van der Waals surface area contributed by atoms with Crippen molar-refractivity contribution in [1.82, 2.24) is 14.4 Å². The lowest BCUT2D eigenvalue weighted by molar-refractivity contribution is 0.0723. The first-order chi connectivity index (χ1) is 16.3. The van der Waals surface area contributed by atoms with Crippen LogP contribution in [0.4, 0.5) is 0 Å². The second kappa shape index (κ2) is 11.9. The smallest absolute Gasteiger partial charge is 0.0707 e. The number of β-amino-alcohol motifs (C(OH)–C–C–N with tert-alkyl or cyclic N) is 1. The Morgan fingerprint density at radius 2 is 1.18 bits per heavy atom. The summed E-state index contributed by atoms with van der Waals surface area (Å²) in [7, 11) is 0. The molecule has 0 radical (unpaired) electrons. The van der Waals surface area contributed by atoms with Gasteiger partial charge < -0.3 is 14.6 Å². The SMILES string of the molecule is Cl.OC(Cc1ccccc1)CN1CCN(CCCCn2c3ccccc3c3ccccc32)CC1. The van der Waals surface area contributed by atoms with E-state index in [2.05, 4.69) is 75.0 Å². The summed E-state index contributed by atoms with van der Waals surface area (Å²) in [6.45, 7) is 7.33. The molecule has 3 aromatic carbocycles. The molecule has 2 heterocycles. The minimum Gasteiger partial charge on any atom is -0.391 e. The summed E-state index contributed by atoms with van der Waals surface area (Å²) >= 11 is 0. The molecule has 1 aliphatic rings. The minimum absolute atomic E-state index is 0. The van der Waals surface area contributed by atoms with E-state index in [1.54, 1.807) is 0 Å². The summed E-state index contributed by atoms with van der Waals surface area (Å²) < 4.78 is 2.50. The molecule has 1 saturated heterocycles. The van der Waals surface area contributed by atoms with Crippen LogP contribution in [0.1, 0.15) is 18.4 Å². The Hall–Kier alpha value is -2.37. The van der Waals surface area contributed by atoms with Gasteiger partial charge in [0.05, 0.1) is 6.10 Å². The van der Waals surface area contributed by atoms with Gasteiger partial charge in [-0.15, -0.1) is 12.4 Å². The molecule has 0 aliphatic carbocycles. The quantitative estimate of drug-likeness (QED) is 0.335. The van der Waals surface area contributed by atoms with E-state index < -0.39 is 0 Å².